The van der Waals surface area contributed by atoms with Crippen LogP contribution in [0.4, 0.5) is 0 Å². The van der Waals surface area contributed by atoms with Crippen LogP contribution >= 0.6 is 11.3 Å². The minimum atomic E-state index is -0.841. The van der Waals surface area contributed by atoms with E-state index in [0.717, 1.165) is 33.3 Å². The highest BCUT2D eigenvalue weighted by Crippen LogP contribution is 2.35. The third-order valence-electron chi connectivity index (χ3n) is 3.00. The molecule has 0 saturated heterocycles. The lowest BCUT2D eigenvalue weighted by molar-refractivity contribution is 0.0814. The average Bonchev–Trinajstić information content (AvgIpc) is 2.84. The molecule has 3 nitrogen and oxygen atoms in total. The molecular formula is C16H21NO2S. The predicted molar refractivity (Wildman–Crippen MR) is 83.3 cm³/mol. The van der Waals surface area contributed by atoms with E-state index in [-0.39, 0.29) is 0 Å². The molecule has 0 saturated carbocycles. The Morgan fingerprint density at radius 1 is 1.20 bits per heavy atom. The van der Waals surface area contributed by atoms with Gasteiger partial charge in [0.15, 0.2) is 0 Å². The number of hydrogen-bond acceptors (Lipinski definition) is 4. The van der Waals surface area contributed by atoms with Gasteiger partial charge in [-0.15, -0.1) is 11.3 Å². The maximum absolute atomic E-state index is 10.2. The zero-order valence-electron chi connectivity index (χ0n) is 12.4. The summed E-state index contributed by atoms with van der Waals surface area (Å²) in [4.78, 5) is 5.61. The smallest absolute Gasteiger partial charge is 0.123 e. The first-order chi connectivity index (χ1) is 9.45. The average molecular weight is 291 g/mol. The maximum Gasteiger partial charge on any atom is 0.123 e. The number of hydrogen-bond donors (Lipinski definition) is 1. The normalized spacial score (nSPS) is 11.7. The van der Waals surface area contributed by atoms with E-state index < -0.39 is 5.60 Å². The zero-order chi connectivity index (χ0) is 14.8. The second-order valence-electron chi connectivity index (χ2n) is 5.16. The van der Waals surface area contributed by atoms with Crippen LogP contribution in [0.5, 0.6) is 5.75 Å². The molecule has 2 rings (SSSR count). The van der Waals surface area contributed by atoms with E-state index >= 15 is 0 Å². The van der Waals surface area contributed by atoms with Crippen molar-refractivity contribution in [2.75, 3.05) is 6.61 Å². The first-order valence-corrected chi connectivity index (χ1v) is 7.73. The van der Waals surface area contributed by atoms with Gasteiger partial charge < -0.3 is 9.84 Å². The monoisotopic (exact) mass is 291 g/mol. The first-order valence-electron chi connectivity index (χ1n) is 6.91. The minimum absolute atomic E-state index is 0.666. The van der Waals surface area contributed by atoms with Crippen LogP contribution in [0.25, 0.3) is 10.6 Å². The number of aromatic nitrogens is 1. The molecule has 1 aromatic heterocycles. The first kappa shape index (κ1) is 15.0. The van der Waals surface area contributed by atoms with Crippen molar-refractivity contribution in [2.45, 2.75) is 39.7 Å². The largest absolute Gasteiger partial charge is 0.494 e. The van der Waals surface area contributed by atoms with Gasteiger partial charge in [-0.25, -0.2) is 4.98 Å². The second-order valence-corrected chi connectivity index (χ2v) is 6.16. The Kier molecular flexibility index (Phi) is 4.45. The van der Waals surface area contributed by atoms with E-state index in [4.69, 9.17) is 4.74 Å². The van der Waals surface area contributed by atoms with Gasteiger partial charge in [-0.1, -0.05) is 6.92 Å². The number of aliphatic hydroxyl groups is 1. The van der Waals surface area contributed by atoms with Crippen molar-refractivity contribution < 1.29 is 9.84 Å². The molecule has 0 fully saturated rings. The molecule has 0 aliphatic rings. The third-order valence-corrected chi connectivity index (χ3v) is 4.46. The molecule has 1 aromatic carbocycles. The van der Waals surface area contributed by atoms with Gasteiger partial charge in [-0.3, -0.25) is 0 Å². The van der Waals surface area contributed by atoms with Crippen LogP contribution < -0.4 is 4.74 Å². The lowest BCUT2D eigenvalue weighted by Crippen LogP contribution is -2.15. The molecule has 20 heavy (non-hydrogen) atoms. The number of nitrogens with zero attached hydrogens (tertiary/aromatic N) is 1. The number of ether oxygens (including phenoxy) is 1. The van der Waals surface area contributed by atoms with E-state index in [9.17, 15) is 5.11 Å². The van der Waals surface area contributed by atoms with Crippen LogP contribution in [-0.2, 0) is 12.0 Å². The fraction of sp³-hybridized carbons (Fsp3) is 0.438. The van der Waals surface area contributed by atoms with Crippen molar-refractivity contribution in [2.24, 2.45) is 0 Å². The van der Waals surface area contributed by atoms with Crippen LogP contribution in [0.1, 0.15) is 38.3 Å². The van der Waals surface area contributed by atoms with Gasteiger partial charge in [0.25, 0.3) is 0 Å². The number of aryl methyl sites for hydroxylation is 1. The summed E-state index contributed by atoms with van der Waals surface area (Å²) in [5, 5.41) is 11.2. The van der Waals surface area contributed by atoms with E-state index in [1.165, 1.54) is 0 Å². The lowest BCUT2D eigenvalue weighted by atomic mass is 10.1. The van der Waals surface area contributed by atoms with Gasteiger partial charge in [0, 0.05) is 5.56 Å². The van der Waals surface area contributed by atoms with Crippen molar-refractivity contribution >= 4 is 11.3 Å². The Bertz CT molecular complexity index is 567. The molecule has 1 N–H and O–H groups in total. The summed E-state index contributed by atoms with van der Waals surface area (Å²) < 4.78 is 5.44. The van der Waals surface area contributed by atoms with Gasteiger partial charge in [0.05, 0.1) is 22.8 Å². The number of rotatable bonds is 5. The molecule has 0 atom stereocenters. The van der Waals surface area contributed by atoms with E-state index in [0.29, 0.717) is 6.61 Å². The quantitative estimate of drug-likeness (QED) is 0.905. The molecule has 2 aromatic rings. The Balaban J connectivity index is 2.35. The molecule has 0 aliphatic heterocycles. The van der Waals surface area contributed by atoms with Gasteiger partial charge >= 0.3 is 0 Å². The molecule has 4 heteroatoms. The SMILES string of the molecule is CCOc1ccc(-c2nc(CC)c(C(C)(C)O)s2)cc1. The fourth-order valence-corrected chi connectivity index (χ4v) is 3.21. The van der Waals surface area contributed by atoms with E-state index in [2.05, 4.69) is 11.9 Å². The van der Waals surface area contributed by atoms with E-state index in [1.54, 1.807) is 11.3 Å². The zero-order valence-corrected chi connectivity index (χ0v) is 13.3. The highest BCUT2D eigenvalue weighted by molar-refractivity contribution is 7.15. The lowest BCUT2D eigenvalue weighted by Gasteiger charge is -2.15. The molecule has 0 amide bonds. The predicted octanol–water partition coefficient (Wildman–Crippen LogP) is 4.00. The Hall–Kier alpha value is -1.39. The molecule has 108 valence electrons. The van der Waals surface area contributed by atoms with Crippen LogP contribution in [-0.4, -0.2) is 16.7 Å². The van der Waals surface area contributed by atoms with Crippen molar-refractivity contribution in [3.63, 3.8) is 0 Å². The van der Waals surface area contributed by atoms with Crippen molar-refractivity contribution in [3.05, 3.63) is 34.8 Å². The minimum Gasteiger partial charge on any atom is -0.494 e. The summed E-state index contributed by atoms with van der Waals surface area (Å²) in [6.45, 7) is 8.31. The molecule has 0 radical (unpaired) electrons. The number of thiazole rings is 1. The van der Waals surface area contributed by atoms with Crippen LogP contribution in [0, 0.1) is 0 Å². The third kappa shape index (κ3) is 3.19. The Morgan fingerprint density at radius 3 is 2.30 bits per heavy atom. The Morgan fingerprint density at radius 2 is 1.85 bits per heavy atom. The molecular weight excluding hydrogens is 270 g/mol. The Labute approximate surface area is 124 Å². The van der Waals surface area contributed by atoms with Crippen LogP contribution in [0.3, 0.4) is 0 Å². The van der Waals surface area contributed by atoms with Gasteiger partial charge in [0.1, 0.15) is 10.8 Å². The van der Waals surface area contributed by atoms with E-state index in [1.807, 2.05) is 45.0 Å². The fourth-order valence-electron chi connectivity index (χ4n) is 2.05. The molecule has 1 heterocycles. The topological polar surface area (TPSA) is 42.4 Å². The van der Waals surface area contributed by atoms with Gasteiger partial charge in [-0.2, -0.15) is 0 Å². The standard InChI is InChI=1S/C16H21NO2S/c1-5-13-14(16(3,4)18)20-15(17-13)11-7-9-12(10-8-11)19-6-2/h7-10,18H,5-6H2,1-4H3. The van der Waals surface area contributed by atoms with Crippen LogP contribution in [0.15, 0.2) is 24.3 Å². The summed E-state index contributed by atoms with van der Waals surface area (Å²) in [6, 6.07) is 7.93. The van der Waals surface area contributed by atoms with Crippen molar-refractivity contribution in [1.29, 1.82) is 0 Å². The molecule has 0 spiro atoms. The van der Waals surface area contributed by atoms with Crippen molar-refractivity contribution in [3.8, 4) is 16.3 Å². The van der Waals surface area contributed by atoms with Gasteiger partial charge in [-0.05, 0) is 51.5 Å². The molecule has 0 bridgehead atoms. The second kappa shape index (κ2) is 5.94. The van der Waals surface area contributed by atoms with Gasteiger partial charge in [0.2, 0.25) is 0 Å². The summed E-state index contributed by atoms with van der Waals surface area (Å²) in [7, 11) is 0. The maximum atomic E-state index is 10.2. The summed E-state index contributed by atoms with van der Waals surface area (Å²) in [6.07, 6.45) is 0.826. The summed E-state index contributed by atoms with van der Waals surface area (Å²) >= 11 is 1.56. The molecule has 0 unspecified atom stereocenters. The number of benzene rings is 1. The van der Waals surface area contributed by atoms with Crippen LogP contribution in [0.2, 0.25) is 0 Å². The highest BCUT2D eigenvalue weighted by Gasteiger charge is 2.24. The summed E-state index contributed by atoms with van der Waals surface area (Å²) in [5.74, 6) is 0.867. The highest BCUT2D eigenvalue weighted by atomic mass is 32.1. The van der Waals surface area contributed by atoms with Crippen molar-refractivity contribution in [1.82, 2.24) is 4.98 Å². The molecule has 0 aliphatic carbocycles. The summed E-state index contributed by atoms with van der Waals surface area (Å²) in [5.41, 5.74) is 1.20.